The molecule has 0 spiro atoms. The summed E-state index contributed by atoms with van der Waals surface area (Å²) >= 11 is 0. The van der Waals surface area contributed by atoms with Crippen LogP contribution in [0, 0.1) is 0 Å². The number of aryl methyl sites for hydroxylation is 1. The van der Waals surface area contributed by atoms with E-state index in [4.69, 9.17) is 0 Å². The number of hydrogen-bond acceptors (Lipinski definition) is 5. The Labute approximate surface area is 180 Å². The van der Waals surface area contributed by atoms with Gasteiger partial charge in [0.05, 0.1) is 12.2 Å². The maximum absolute atomic E-state index is 14.4. The van der Waals surface area contributed by atoms with Crippen molar-refractivity contribution in [3.05, 3.63) is 53.9 Å². The van der Waals surface area contributed by atoms with Gasteiger partial charge in [-0.1, -0.05) is 0 Å². The Morgan fingerprint density at radius 1 is 1.19 bits per heavy atom. The van der Waals surface area contributed by atoms with Gasteiger partial charge >= 0.3 is 6.36 Å². The first-order chi connectivity index (χ1) is 15.0. The number of aromatic nitrogens is 2. The highest BCUT2D eigenvalue weighted by molar-refractivity contribution is 5.86. The molecule has 0 amide bonds. The van der Waals surface area contributed by atoms with Gasteiger partial charge < -0.3 is 14.7 Å². The molecule has 32 heavy (non-hydrogen) atoms. The number of rotatable bonds is 4. The summed E-state index contributed by atoms with van der Waals surface area (Å²) in [5, 5.41) is 14.6. The van der Waals surface area contributed by atoms with Crippen molar-refractivity contribution < 1.29 is 31.8 Å². The number of aliphatic hydroxyl groups excluding tert-OH is 1. The van der Waals surface area contributed by atoms with Gasteiger partial charge in [-0.05, 0) is 48.7 Å². The van der Waals surface area contributed by atoms with Crippen molar-refractivity contribution in [3.63, 3.8) is 0 Å². The van der Waals surface area contributed by atoms with E-state index in [1.807, 2.05) is 0 Å². The molecule has 0 saturated heterocycles. The number of allylic oxidation sites excluding steroid dienone is 1. The third-order valence-corrected chi connectivity index (χ3v) is 5.57. The van der Waals surface area contributed by atoms with Crippen molar-refractivity contribution in [2.75, 3.05) is 0 Å². The van der Waals surface area contributed by atoms with E-state index in [0.717, 1.165) is 12.1 Å². The molecule has 4 rings (SSSR count). The molecule has 3 atom stereocenters. The Morgan fingerprint density at radius 2 is 1.91 bits per heavy atom. The number of halogens is 5. The molecule has 1 fully saturated rings. The van der Waals surface area contributed by atoms with E-state index < -0.39 is 42.8 Å². The third-order valence-electron chi connectivity index (χ3n) is 5.57. The second kappa shape index (κ2) is 8.19. The van der Waals surface area contributed by atoms with Crippen LogP contribution < -0.4 is 4.74 Å². The molecule has 2 aromatic rings. The molecular weight excluding hydrogens is 435 g/mol. The molecule has 0 bridgehead atoms. The monoisotopic (exact) mass is 456 g/mol. The van der Waals surface area contributed by atoms with Crippen LogP contribution in [0.3, 0.4) is 0 Å². The van der Waals surface area contributed by atoms with Crippen molar-refractivity contribution in [2.45, 2.75) is 49.9 Å². The smallest absolute Gasteiger partial charge is 0.406 e. The van der Waals surface area contributed by atoms with Gasteiger partial charge in [0.15, 0.2) is 6.17 Å². The predicted molar refractivity (Wildman–Crippen MR) is 106 cm³/mol. The van der Waals surface area contributed by atoms with Gasteiger partial charge in [0.25, 0.3) is 5.92 Å². The predicted octanol–water partition coefficient (Wildman–Crippen LogP) is 4.29. The molecule has 1 saturated carbocycles. The van der Waals surface area contributed by atoms with Crippen LogP contribution in [0.5, 0.6) is 5.75 Å². The Hall–Kier alpha value is -2.95. The second-order valence-electron chi connectivity index (χ2n) is 7.82. The number of hydrogen-bond donors (Lipinski definition) is 1. The van der Waals surface area contributed by atoms with E-state index in [-0.39, 0.29) is 6.42 Å². The van der Waals surface area contributed by atoms with Crippen LogP contribution in [-0.4, -0.2) is 50.4 Å². The quantitative estimate of drug-likeness (QED) is 0.698. The lowest BCUT2D eigenvalue weighted by Crippen LogP contribution is -2.54. The minimum atomic E-state index is -4.83. The number of nitrogens with zero attached hydrogens (tertiary/aromatic N) is 4. The van der Waals surface area contributed by atoms with Crippen molar-refractivity contribution in [2.24, 2.45) is 12.0 Å². The largest absolute Gasteiger partial charge is 0.573 e. The van der Waals surface area contributed by atoms with Crippen LogP contribution in [-0.2, 0) is 7.05 Å². The maximum Gasteiger partial charge on any atom is 0.573 e. The van der Waals surface area contributed by atoms with Gasteiger partial charge in [-0.2, -0.15) is 5.10 Å². The standard InChI is InChI=1S/C21H21F5N4O2/c1-29-12-14(11-28-29)19-27-10-8-16(13-4-6-15(7-5-13)32-21(24,25)26)30(19)17-3-2-9-20(22,23)18(17)31/h4-8,10-12,17-19,31H,2-3,9H2,1H3. The fraction of sp³-hybridized carbons (Fsp3) is 0.429. The third kappa shape index (κ3) is 4.47. The molecule has 172 valence electrons. The fourth-order valence-electron chi connectivity index (χ4n) is 4.16. The van der Waals surface area contributed by atoms with Gasteiger partial charge in [0, 0.05) is 37.1 Å². The Morgan fingerprint density at radius 3 is 2.53 bits per heavy atom. The summed E-state index contributed by atoms with van der Waals surface area (Å²) in [6, 6.07) is 4.16. The summed E-state index contributed by atoms with van der Waals surface area (Å²) < 4.78 is 71.7. The van der Waals surface area contributed by atoms with E-state index in [0.29, 0.717) is 23.2 Å². The number of ether oxygens (including phenoxy) is 1. The molecule has 1 aromatic heterocycles. The van der Waals surface area contributed by atoms with Crippen LogP contribution in [0.1, 0.15) is 36.6 Å². The molecule has 0 radical (unpaired) electrons. The Kier molecular flexibility index (Phi) is 5.70. The van der Waals surface area contributed by atoms with Crippen molar-refractivity contribution in [1.29, 1.82) is 0 Å². The summed E-state index contributed by atoms with van der Waals surface area (Å²) in [5.74, 6) is -3.66. The SMILES string of the molecule is Cn1cc(C2N=CC=C(c3ccc(OC(F)(F)F)cc3)N2C2CCCC(F)(F)C2O)cn1. The molecular formula is C21H21F5N4O2. The minimum absolute atomic E-state index is 0.209. The molecule has 3 unspecified atom stereocenters. The van der Waals surface area contributed by atoms with E-state index in [1.54, 1.807) is 35.1 Å². The van der Waals surface area contributed by atoms with Crippen LogP contribution in [0.4, 0.5) is 22.0 Å². The molecule has 2 aliphatic rings. The van der Waals surface area contributed by atoms with E-state index in [9.17, 15) is 27.1 Å². The van der Waals surface area contributed by atoms with Crippen LogP contribution >= 0.6 is 0 Å². The lowest BCUT2D eigenvalue weighted by atomic mass is 9.86. The zero-order valence-electron chi connectivity index (χ0n) is 17.0. The lowest BCUT2D eigenvalue weighted by molar-refractivity contribution is -0.274. The van der Waals surface area contributed by atoms with Gasteiger partial charge in [0.1, 0.15) is 11.9 Å². The number of alkyl halides is 5. The zero-order chi connectivity index (χ0) is 23.1. The van der Waals surface area contributed by atoms with Crippen molar-refractivity contribution in [3.8, 4) is 5.75 Å². The summed E-state index contributed by atoms with van der Waals surface area (Å²) in [6.07, 6.45) is -1.03. The highest BCUT2D eigenvalue weighted by Crippen LogP contribution is 2.43. The van der Waals surface area contributed by atoms with E-state index >= 15 is 0 Å². The van der Waals surface area contributed by atoms with Crippen molar-refractivity contribution in [1.82, 2.24) is 14.7 Å². The zero-order valence-corrected chi connectivity index (χ0v) is 17.0. The Balaban J connectivity index is 1.72. The summed E-state index contributed by atoms with van der Waals surface area (Å²) in [6.45, 7) is 0. The van der Waals surface area contributed by atoms with Gasteiger partial charge in [-0.3, -0.25) is 9.67 Å². The molecule has 1 N–H and O–H groups in total. The summed E-state index contributed by atoms with van der Waals surface area (Å²) in [5.41, 5.74) is 1.56. The van der Waals surface area contributed by atoms with Crippen LogP contribution in [0.25, 0.3) is 5.70 Å². The average Bonchev–Trinajstić information content (AvgIpc) is 3.15. The van der Waals surface area contributed by atoms with Crippen LogP contribution in [0.2, 0.25) is 0 Å². The number of aliphatic hydroxyl groups is 1. The van der Waals surface area contributed by atoms with E-state index in [2.05, 4.69) is 14.8 Å². The molecule has 2 heterocycles. The molecule has 1 aliphatic heterocycles. The fourth-order valence-corrected chi connectivity index (χ4v) is 4.16. The van der Waals surface area contributed by atoms with Crippen molar-refractivity contribution >= 4 is 11.9 Å². The lowest BCUT2D eigenvalue weighted by Gasteiger charge is -2.46. The van der Waals surface area contributed by atoms with E-state index in [1.165, 1.54) is 18.3 Å². The maximum atomic E-state index is 14.4. The minimum Gasteiger partial charge on any atom is -0.406 e. The first-order valence-corrected chi connectivity index (χ1v) is 9.97. The number of benzene rings is 1. The first kappa shape index (κ1) is 22.3. The molecule has 1 aromatic carbocycles. The second-order valence-corrected chi connectivity index (χ2v) is 7.82. The number of aliphatic imine (C=N–C) groups is 1. The molecule has 11 heteroatoms. The first-order valence-electron chi connectivity index (χ1n) is 9.97. The molecule has 6 nitrogen and oxygen atoms in total. The summed E-state index contributed by atoms with van der Waals surface area (Å²) in [4.78, 5) is 6.04. The van der Waals surface area contributed by atoms with Gasteiger partial charge in [-0.25, -0.2) is 8.78 Å². The topological polar surface area (TPSA) is 62.9 Å². The molecule has 1 aliphatic carbocycles. The summed E-state index contributed by atoms with van der Waals surface area (Å²) in [7, 11) is 1.71. The highest BCUT2D eigenvalue weighted by Gasteiger charge is 2.50. The van der Waals surface area contributed by atoms with Gasteiger partial charge in [-0.15, -0.1) is 13.2 Å². The van der Waals surface area contributed by atoms with Gasteiger partial charge in [0.2, 0.25) is 0 Å². The normalized spacial score (nSPS) is 25.5. The average molecular weight is 456 g/mol. The van der Waals surface area contributed by atoms with Crippen LogP contribution in [0.15, 0.2) is 47.7 Å². The highest BCUT2D eigenvalue weighted by atomic mass is 19.4. The Bertz CT molecular complexity index is 1020.